The fourth-order valence-electron chi connectivity index (χ4n) is 2.83. The van der Waals surface area contributed by atoms with E-state index in [2.05, 4.69) is 44.4 Å². The molecule has 156 valence electrons. The molecule has 0 aliphatic rings. The summed E-state index contributed by atoms with van der Waals surface area (Å²) in [5.41, 5.74) is 4.94. The molecule has 28 heavy (non-hydrogen) atoms. The minimum atomic E-state index is -4.94. The summed E-state index contributed by atoms with van der Waals surface area (Å²) in [6, 6.07) is 11.2. The van der Waals surface area contributed by atoms with Gasteiger partial charge in [0.1, 0.15) is 0 Å². The molecule has 0 unspecified atom stereocenters. The molecule has 0 atom stereocenters. The number of rotatable bonds is 5. The van der Waals surface area contributed by atoms with E-state index in [1.165, 1.54) is 17.0 Å². The van der Waals surface area contributed by atoms with Crippen molar-refractivity contribution in [3.8, 4) is 0 Å². The topological polar surface area (TPSA) is 156 Å². The van der Waals surface area contributed by atoms with Crippen LogP contribution in [0.25, 0.3) is 0 Å². The molecule has 0 saturated heterocycles. The number of benzene rings is 1. The van der Waals surface area contributed by atoms with E-state index in [4.69, 9.17) is 23.8 Å². The molecule has 8 nitrogen and oxygen atoms in total. The van der Waals surface area contributed by atoms with Crippen molar-refractivity contribution >= 4 is 10.0 Å². The molecule has 0 bridgehead atoms. The molecule has 0 aliphatic heterocycles. The number of sulfonamides is 1. The first-order chi connectivity index (χ1) is 12.7. The SMILES string of the molecule is Cc1cc(C)[n+](CCc2ccc(S(N)(=O)=O)cc2)c(C(C)C)c1.[O-][Cl+3]([O-])([O-])[O-]. The molecule has 0 saturated carbocycles. The first-order valence-corrected chi connectivity index (χ1v) is 11.2. The number of nitrogens with two attached hydrogens (primary N) is 1. The molecule has 10 heteroatoms. The number of aromatic nitrogens is 1. The van der Waals surface area contributed by atoms with Gasteiger partial charge < -0.3 is 0 Å². The van der Waals surface area contributed by atoms with Crippen LogP contribution in [0.4, 0.5) is 0 Å². The van der Waals surface area contributed by atoms with Crippen molar-refractivity contribution < 1.29 is 41.9 Å². The average molecular weight is 433 g/mol. The fraction of sp³-hybridized carbons (Fsp3) is 0.389. The van der Waals surface area contributed by atoms with Crippen LogP contribution < -0.4 is 28.3 Å². The quantitative estimate of drug-likeness (QED) is 0.530. The maximum atomic E-state index is 11.3. The monoisotopic (exact) mass is 432 g/mol. The van der Waals surface area contributed by atoms with Crippen LogP contribution in [0.5, 0.6) is 0 Å². The number of primary sulfonamides is 1. The number of aryl methyl sites for hydroxylation is 3. The highest BCUT2D eigenvalue weighted by Gasteiger charge is 2.18. The van der Waals surface area contributed by atoms with Gasteiger partial charge in [0.25, 0.3) is 0 Å². The lowest BCUT2D eigenvalue weighted by Crippen LogP contribution is -2.68. The minimum absolute atomic E-state index is 0.156. The highest BCUT2D eigenvalue weighted by atomic mass is 35.7. The molecule has 2 aromatic rings. The number of hydrogen-bond acceptors (Lipinski definition) is 6. The van der Waals surface area contributed by atoms with Gasteiger partial charge in [-0.05, 0) is 30.2 Å². The Morgan fingerprint density at radius 3 is 1.96 bits per heavy atom. The lowest BCUT2D eigenvalue weighted by atomic mass is 10.0. The lowest BCUT2D eigenvalue weighted by Gasteiger charge is -2.17. The van der Waals surface area contributed by atoms with Crippen LogP contribution in [0.15, 0.2) is 41.3 Å². The van der Waals surface area contributed by atoms with Gasteiger partial charge in [0.15, 0.2) is 17.9 Å². The molecule has 1 aromatic carbocycles. The van der Waals surface area contributed by atoms with Gasteiger partial charge in [0.2, 0.25) is 10.0 Å². The molecular formula is C18H25ClN2O6S. The third-order valence-corrected chi connectivity index (χ3v) is 4.95. The molecule has 1 heterocycles. The van der Waals surface area contributed by atoms with E-state index in [1.807, 2.05) is 12.1 Å². The van der Waals surface area contributed by atoms with Crippen molar-refractivity contribution in [3.63, 3.8) is 0 Å². The number of hydrogen-bond donors (Lipinski definition) is 1. The number of nitrogens with zero attached hydrogens (tertiary/aromatic N) is 1. The predicted molar refractivity (Wildman–Crippen MR) is 91.7 cm³/mol. The van der Waals surface area contributed by atoms with E-state index < -0.39 is 20.3 Å². The molecule has 2 N–H and O–H groups in total. The second kappa shape index (κ2) is 9.75. The summed E-state index contributed by atoms with van der Waals surface area (Å²) in [7, 11) is -8.57. The largest absolute Gasteiger partial charge is 0.238 e. The van der Waals surface area contributed by atoms with Crippen molar-refractivity contribution in [1.29, 1.82) is 0 Å². The Bertz CT molecular complexity index is 888. The van der Waals surface area contributed by atoms with E-state index in [0.717, 1.165) is 18.5 Å². The first-order valence-electron chi connectivity index (χ1n) is 8.43. The van der Waals surface area contributed by atoms with Crippen LogP contribution in [-0.2, 0) is 23.0 Å². The van der Waals surface area contributed by atoms with Crippen molar-refractivity contribution in [1.82, 2.24) is 0 Å². The van der Waals surface area contributed by atoms with Gasteiger partial charge in [0.05, 0.1) is 4.90 Å². The zero-order chi connectivity index (χ0) is 21.7. The maximum absolute atomic E-state index is 11.3. The smallest absolute Gasteiger partial charge is 0.225 e. The van der Waals surface area contributed by atoms with Crippen molar-refractivity contribution in [2.45, 2.75) is 51.5 Å². The van der Waals surface area contributed by atoms with Crippen LogP contribution in [0.1, 0.15) is 42.3 Å². The Morgan fingerprint density at radius 1 is 1.04 bits per heavy atom. The number of halogens is 1. The Hall–Kier alpha value is -1.59. The van der Waals surface area contributed by atoms with Crippen LogP contribution >= 0.6 is 0 Å². The van der Waals surface area contributed by atoms with Gasteiger partial charge in [0, 0.05) is 31.4 Å². The molecule has 0 fully saturated rings. The van der Waals surface area contributed by atoms with E-state index in [1.54, 1.807) is 12.1 Å². The summed E-state index contributed by atoms with van der Waals surface area (Å²) < 4.78 is 58.9. The highest BCUT2D eigenvalue weighted by Crippen LogP contribution is 2.14. The van der Waals surface area contributed by atoms with Crippen LogP contribution in [0.3, 0.4) is 0 Å². The van der Waals surface area contributed by atoms with Crippen LogP contribution in [0.2, 0.25) is 0 Å². The van der Waals surface area contributed by atoms with Crippen molar-refractivity contribution in [2.24, 2.45) is 5.14 Å². The van der Waals surface area contributed by atoms with Crippen molar-refractivity contribution in [3.05, 3.63) is 58.9 Å². The first kappa shape index (κ1) is 24.4. The van der Waals surface area contributed by atoms with Crippen LogP contribution in [0, 0.1) is 24.1 Å². The van der Waals surface area contributed by atoms with Gasteiger partial charge in [-0.1, -0.05) is 26.0 Å². The highest BCUT2D eigenvalue weighted by molar-refractivity contribution is 7.89. The van der Waals surface area contributed by atoms with Gasteiger partial charge in [-0.15, -0.1) is 10.2 Å². The summed E-state index contributed by atoms with van der Waals surface area (Å²) in [6.07, 6.45) is 0.846. The Labute approximate surface area is 167 Å². The standard InChI is InChI=1S/C18H25N2O2S.ClHO4/c1-13(2)18-12-14(3)11-15(4)20(18)10-9-16-5-7-17(8-6-16)23(19,21)22;2-1(3,4)5/h5-8,11-13H,9-10H2,1-4H3,(H2,19,21,22);(H,2,3,4,5)/q+1;/p-1. The molecule has 1 aromatic heterocycles. The van der Waals surface area contributed by atoms with Gasteiger partial charge in [-0.3, -0.25) is 0 Å². The number of pyridine rings is 1. The predicted octanol–water partition coefficient (Wildman–Crippen LogP) is -2.15. The van der Waals surface area contributed by atoms with E-state index in [9.17, 15) is 8.42 Å². The zero-order valence-electron chi connectivity index (χ0n) is 16.2. The Morgan fingerprint density at radius 2 is 1.54 bits per heavy atom. The summed E-state index contributed by atoms with van der Waals surface area (Å²) in [5.74, 6) is 0.457. The molecule has 0 spiro atoms. The lowest BCUT2D eigenvalue weighted by molar-refractivity contribution is -2.00. The average Bonchev–Trinajstić information content (AvgIpc) is 2.51. The van der Waals surface area contributed by atoms with Gasteiger partial charge in [-0.2, -0.15) is 4.57 Å². The molecular weight excluding hydrogens is 408 g/mol. The Kier molecular flexibility index (Phi) is 8.51. The second-order valence-electron chi connectivity index (χ2n) is 6.72. The van der Waals surface area contributed by atoms with Crippen molar-refractivity contribution in [2.75, 3.05) is 0 Å². The zero-order valence-corrected chi connectivity index (χ0v) is 17.8. The molecule has 0 radical (unpaired) electrons. The fourth-order valence-corrected chi connectivity index (χ4v) is 3.35. The third kappa shape index (κ3) is 8.61. The van der Waals surface area contributed by atoms with E-state index in [0.29, 0.717) is 5.92 Å². The summed E-state index contributed by atoms with van der Waals surface area (Å²) in [4.78, 5) is 0.156. The maximum Gasteiger partial charge on any atom is 0.238 e. The minimum Gasteiger partial charge on any atom is -0.225 e. The second-order valence-corrected chi connectivity index (χ2v) is 9.04. The van der Waals surface area contributed by atoms with Gasteiger partial charge in [-0.25, -0.2) is 32.2 Å². The third-order valence-electron chi connectivity index (χ3n) is 4.02. The van der Waals surface area contributed by atoms with Crippen LogP contribution in [-0.4, -0.2) is 8.42 Å². The molecule has 0 amide bonds. The van der Waals surface area contributed by atoms with E-state index >= 15 is 0 Å². The Balaban J connectivity index is 0.000000696. The summed E-state index contributed by atoms with van der Waals surface area (Å²) in [6.45, 7) is 9.52. The summed E-state index contributed by atoms with van der Waals surface area (Å²) in [5, 5.41) is 5.13. The van der Waals surface area contributed by atoms with E-state index in [-0.39, 0.29) is 4.90 Å². The normalized spacial score (nSPS) is 11.9. The summed E-state index contributed by atoms with van der Waals surface area (Å²) >= 11 is 0. The molecule has 2 rings (SSSR count). The molecule has 0 aliphatic carbocycles. The van der Waals surface area contributed by atoms with Gasteiger partial charge >= 0.3 is 0 Å².